The van der Waals surface area contributed by atoms with Gasteiger partial charge in [0.1, 0.15) is 5.01 Å². The fourth-order valence-corrected chi connectivity index (χ4v) is 4.14. The van der Waals surface area contributed by atoms with Gasteiger partial charge in [0.2, 0.25) is 6.79 Å². The highest BCUT2D eigenvalue weighted by molar-refractivity contribution is 7.84. The van der Waals surface area contributed by atoms with Crippen molar-refractivity contribution in [2.75, 3.05) is 12.5 Å². The summed E-state index contributed by atoms with van der Waals surface area (Å²) in [6, 6.07) is 5.71. The average molecular weight is 342 g/mol. The van der Waals surface area contributed by atoms with Crippen LogP contribution in [0.25, 0.3) is 10.6 Å². The predicted molar refractivity (Wildman–Crippen MR) is 85.4 cm³/mol. The summed E-state index contributed by atoms with van der Waals surface area (Å²) in [5.74, 6) is 2.15. The van der Waals surface area contributed by atoms with Crippen LogP contribution in [0.3, 0.4) is 0 Å². The van der Waals surface area contributed by atoms with Crippen molar-refractivity contribution < 1.29 is 13.7 Å². The lowest BCUT2D eigenvalue weighted by Crippen LogP contribution is -2.00. The Balaban J connectivity index is 1.75. The Morgan fingerprint density at radius 3 is 3.05 bits per heavy atom. The molecule has 0 aliphatic carbocycles. The number of halogens is 1. The first-order valence-electron chi connectivity index (χ1n) is 6.14. The van der Waals surface area contributed by atoms with Gasteiger partial charge in [0.25, 0.3) is 0 Å². The van der Waals surface area contributed by atoms with Crippen LogP contribution in [0, 0.1) is 0 Å². The number of fused-ring (bicyclic) bond motifs is 1. The molecule has 0 saturated heterocycles. The molecule has 0 fully saturated rings. The Labute approximate surface area is 133 Å². The number of hydrogen-bond acceptors (Lipinski definition) is 5. The van der Waals surface area contributed by atoms with E-state index >= 15 is 0 Å². The van der Waals surface area contributed by atoms with E-state index in [9.17, 15) is 4.21 Å². The van der Waals surface area contributed by atoms with Crippen LogP contribution in [0.4, 0.5) is 0 Å². The molecular formula is C14H12ClNO3S2. The second-order valence-corrected chi connectivity index (χ2v) is 7.31. The molecule has 1 aliphatic rings. The van der Waals surface area contributed by atoms with Gasteiger partial charge in [-0.05, 0) is 18.2 Å². The van der Waals surface area contributed by atoms with Gasteiger partial charge < -0.3 is 9.47 Å². The van der Waals surface area contributed by atoms with E-state index in [0.29, 0.717) is 16.5 Å². The summed E-state index contributed by atoms with van der Waals surface area (Å²) >= 11 is 7.17. The highest BCUT2D eigenvalue weighted by Crippen LogP contribution is 2.36. The fraction of sp³-hybridized carbons (Fsp3) is 0.214. The maximum atomic E-state index is 11.8. The SMILES string of the molecule is C=C(Cl)CS(=O)Cc1csc(-c2ccc3c(c2)OCO3)n1. The van der Waals surface area contributed by atoms with Crippen molar-refractivity contribution in [3.8, 4) is 22.1 Å². The first-order valence-corrected chi connectivity index (χ1v) is 8.89. The van der Waals surface area contributed by atoms with Gasteiger partial charge in [-0.3, -0.25) is 4.21 Å². The van der Waals surface area contributed by atoms with Gasteiger partial charge in [0.05, 0.1) is 17.2 Å². The molecule has 21 heavy (non-hydrogen) atoms. The molecule has 0 radical (unpaired) electrons. The van der Waals surface area contributed by atoms with Crippen LogP contribution in [-0.2, 0) is 16.6 Å². The standard InChI is InChI=1S/C14H12ClNO3S2/c1-9(15)6-21(17)7-11-5-20-14(16-11)10-2-3-12-13(4-10)19-8-18-12/h2-5H,1,6-8H2. The molecule has 1 aromatic heterocycles. The van der Waals surface area contributed by atoms with Gasteiger partial charge in [0.15, 0.2) is 11.5 Å². The lowest BCUT2D eigenvalue weighted by molar-refractivity contribution is 0.174. The molecule has 0 N–H and O–H groups in total. The van der Waals surface area contributed by atoms with Crippen molar-refractivity contribution in [1.29, 1.82) is 0 Å². The van der Waals surface area contributed by atoms with Crippen LogP contribution < -0.4 is 9.47 Å². The Morgan fingerprint density at radius 2 is 2.24 bits per heavy atom. The molecule has 1 atom stereocenters. The molecule has 3 rings (SSSR count). The lowest BCUT2D eigenvalue weighted by Gasteiger charge is -1.99. The van der Waals surface area contributed by atoms with E-state index in [0.717, 1.165) is 27.8 Å². The summed E-state index contributed by atoms with van der Waals surface area (Å²) < 4.78 is 22.5. The van der Waals surface area contributed by atoms with Crippen LogP contribution >= 0.6 is 22.9 Å². The Morgan fingerprint density at radius 1 is 1.43 bits per heavy atom. The van der Waals surface area contributed by atoms with Crippen molar-refractivity contribution in [3.05, 3.63) is 40.9 Å². The molecule has 0 spiro atoms. The van der Waals surface area contributed by atoms with E-state index in [1.54, 1.807) is 0 Å². The zero-order chi connectivity index (χ0) is 14.8. The normalized spacial score (nSPS) is 14.1. The quantitative estimate of drug-likeness (QED) is 0.834. The first kappa shape index (κ1) is 14.6. The largest absolute Gasteiger partial charge is 0.454 e. The number of nitrogens with zero attached hydrogens (tertiary/aromatic N) is 1. The molecule has 1 aromatic carbocycles. The van der Waals surface area contributed by atoms with E-state index in [1.165, 1.54) is 11.3 Å². The van der Waals surface area contributed by atoms with Gasteiger partial charge in [-0.2, -0.15) is 0 Å². The van der Waals surface area contributed by atoms with E-state index in [1.807, 2.05) is 23.6 Å². The van der Waals surface area contributed by atoms with Crippen LogP contribution in [0.15, 0.2) is 35.2 Å². The minimum absolute atomic E-state index is 0.253. The summed E-state index contributed by atoms with van der Waals surface area (Å²) in [5, 5.41) is 3.18. The molecule has 1 unspecified atom stereocenters. The molecule has 0 amide bonds. The number of ether oxygens (including phenoxy) is 2. The van der Waals surface area contributed by atoms with Gasteiger partial charge in [-0.15, -0.1) is 11.3 Å². The number of benzene rings is 1. The maximum Gasteiger partial charge on any atom is 0.231 e. The zero-order valence-electron chi connectivity index (χ0n) is 11.0. The molecular weight excluding hydrogens is 330 g/mol. The second-order valence-electron chi connectivity index (χ2n) is 4.46. The van der Waals surface area contributed by atoms with Crippen molar-refractivity contribution >= 4 is 33.7 Å². The summed E-state index contributed by atoms with van der Waals surface area (Å²) in [4.78, 5) is 4.51. The third kappa shape index (κ3) is 3.45. The van der Waals surface area contributed by atoms with E-state index < -0.39 is 10.8 Å². The lowest BCUT2D eigenvalue weighted by atomic mass is 10.2. The van der Waals surface area contributed by atoms with Crippen molar-refractivity contribution in [2.24, 2.45) is 0 Å². The highest BCUT2D eigenvalue weighted by Gasteiger charge is 2.15. The van der Waals surface area contributed by atoms with Crippen LogP contribution in [-0.4, -0.2) is 21.7 Å². The van der Waals surface area contributed by atoms with Gasteiger partial charge in [0, 0.05) is 26.8 Å². The second kappa shape index (κ2) is 6.17. The fourth-order valence-electron chi connectivity index (χ4n) is 1.93. The zero-order valence-corrected chi connectivity index (χ0v) is 13.4. The number of rotatable bonds is 5. The molecule has 2 heterocycles. The Kier molecular flexibility index (Phi) is 4.28. The molecule has 7 heteroatoms. The molecule has 4 nitrogen and oxygen atoms in total. The first-order chi connectivity index (χ1) is 10.1. The third-order valence-electron chi connectivity index (χ3n) is 2.80. The van der Waals surface area contributed by atoms with Crippen LogP contribution in [0.1, 0.15) is 5.69 Å². The van der Waals surface area contributed by atoms with Crippen molar-refractivity contribution in [1.82, 2.24) is 4.98 Å². The topological polar surface area (TPSA) is 48.4 Å². The molecule has 1 aliphatic heterocycles. The van der Waals surface area contributed by atoms with Crippen LogP contribution in [0.2, 0.25) is 0 Å². The Hall–Kier alpha value is -1.37. The van der Waals surface area contributed by atoms with E-state index in [2.05, 4.69) is 11.6 Å². The van der Waals surface area contributed by atoms with Gasteiger partial charge >= 0.3 is 0 Å². The summed E-state index contributed by atoms with van der Waals surface area (Å²) in [6.07, 6.45) is 0. The summed E-state index contributed by atoms with van der Waals surface area (Å²) in [7, 11) is -1.08. The van der Waals surface area contributed by atoms with E-state index in [-0.39, 0.29) is 6.79 Å². The number of hydrogen-bond donors (Lipinski definition) is 0. The average Bonchev–Trinajstić information content (AvgIpc) is 3.04. The van der Waals surface area contributed by atoms with Gasteiger partial charge in [-0.25, -0.2) is 4.98 Å². The minimum atomic E-state index is -1.08. The summed E-state index contributed by atoms with van der Waals surface area (Å²) in [5.41, 5.74) is 1.76. The maximum absolute atomic E-state index is 11.8. The smallest absolute Gasteiger partial charge is 0.231 e. The van der Waals surface area contributed by atoms with Crippen molar-refractivity contribution in [2.45, 2.75) is 5.75 Å². The molecule has 2 aromatic rings. The Bertz CT molecular complexity index is 714. The molecule has 110 valence electrons. The number of aromatic nitrogens is 1. The molecule has 0 bridgehead atoms. The minimum Gasteiger partial charge on any atom is -0.454 e. The molecule has 0 saturated carbocycles. The number of thiazole rings is 1. The van der Waals surface area contributed by atoms with Crippen molar-refractivity contribution in [3.63, 3.8) is 0 Å². The monoisotopic (exact) mass is 341 g/mol. The third-order valence-corrected chi connectivity index (χ3v) is 5.32. The van der Waals surface area contributed by atoms with Gasteiger partial charge in [-0.1, -0.05) is 18.2 Å². The summed E-state index contributed by atoms with van der Waals surface area (Å²) in [6.45, 7) is 3.80. The predicted octanol–water partition coefficient (Wildman–Crippen LogP) is 3.54. The van der Waals surface area contributed by atoms with Crippen LogP contribution in [0.5, 0.6) is 11.5 Å². The highest BCUT2D eigenvalue weighted by atomic mass is 35.5. The van der Waals surface area contributed by atoms with E-state index in [4.69, 9.17) is 21.1 Å².